The summed E-state index contributed by atoms with van der Waals surface area (Å²) in [5.74, 6) is -8.81. The van der Waals surface area contributed by atoms with Gasteiger partial charge in [0.05, 0.1) is 0 Å². The predicted molar refractivity (Wildman–Crippen MR) is 60.2 cm³/mol. The van der Waals surface area contributed by atoms with E-state index in [1.165, 1.54) is 0 Å². The normalized spacial score (nSPS) is 23.4. The Bertz CT molecular complexity index is 450. The molecule has 2 unspecified atom stereocenters. The molecule has 1 aliphatic rings. The van der Waals surface area contributed by atoms with Gasteiger partial charge in [-0.05, 0) is 12.2 Å². The topological polar surface area (TPSA) is 12.0 Å². The first kappa shape index (κ1) is 13.5. The maximum absolute atomic E-state index is 13.4. The third kappa shape index (κ3) is 2.15. The molecule has 2 rings (SSSR count). The molecule has 1 N–H and O–H groups in total. The summed E-state index contributed by atoms with van der Waals surface area (Å²) in [5.41, 5.74) is -0.939. The van der Waals surface area contributed by atoms with Crippen molar-refractivity contribution in [1.29, 1.82) is 0 Å². The van der Waals surface area contributed by atoms with Gasteiger partial charge in [0, 0.05) is 11.3 Å². The molecule has 0 spiro atoms. The van der Waals surface area contributed by atoms with E-state index in [2.05, 4.69) is 5.32 Å². The fourth-order valence-corrected chi connectivity index (χ4v) is 3.04. The summed E-state index contributed by atoms with van der Waals surface area (Å²) in [6, 6.07) is -0.303. The minimum Gasteiger partial charge on any atom is -0.376 e. The Balaban J connectivity index is 2.38. The molecule has 1 saturated heterocycles. The van der Waals surface area contributed by atoms with Gasteiger partial charge in [0.1, 0.15) is 5.69 Å². The van der Waals surface area contributed by atoms with Crippen LogP contribution < -0.4 is 5.32 Å². The van der Waals surface area contributed by atoms with Gasteiger partial charge in [-0.2, -0.15) is 11.8 Å². The van der Waals surface area contributed by atoms with Crippen molar-refractivity contribution in [1.82, 2.24) is 0 Å². The van der Waals surface area contributed by atoms with Gasteiger partial charge < -0.3 is 5.32 Å². The van der Waals surface area contributed by atoms with Gasteiger partial charge in [-0.15, -0.1) is 0 Å². The van der Waals surface area contributed by atoms with E-state index in [0.717, 1.165) is 5.75 Å². The van der Waals surface area contributed by atoms with Crippen LogP contribution in [0.15, 0.2) is 0 Å². The molecular formula is C11H10F5NS. The number of rotatable bonds is 2. The third-order valence-corrected chi connectivity index (χ3v) is 4.24. The monoisotopic (exact) mass is 283 g/mol. The fraction of sp³-hybridized carbons (Fsp3) is 0.455. The zero-order valence-electron chi connectivity index (χ0n) is 9.37. The lowest BCUT2D eigenvalue weighted by atomic mass is 10.1. The number of nitrogens with one attached hydrogen (secondary N) is 1. The molecule has 0 amide bonds. The standard InChI is InChI=1S/C11H10F5NS/c1-4-5(2-3-18-4)17-11-9(15)7(13)6(12)8(14)10(11)16/h4-5,17H,2-3H2,1H3. The summed E-state index contributed by atoms with van der Waals surface area (Å²) in [4.78, 5) is 0. The Morgan fingerprint density at radius 3 is 1.89 bits per heavy atom. The number of hydrogen-bond donors (Lipinski definition) is 1. The van der Waals surface area contributed by atoms with Crippen LogP contribution in [0.5, 0.6) is 0 Å². The molecule has 1 aromatic carbocycles. The van der Waals surface area contributed by atoms with Crippen molar-refractivity contribution in [3.05, 3.63) is 29.1 Å². The molecule has 18 heavy (non-hydrogen) atoms. The summed E-state index contributed by atoms with van der Waals surface area (Å²) in [6.45, 7) is 1.83. The molecule has 0 saturated carbocycles. The fourth-order valence-electron chi connectivity index (χ4n) is 1.84. The van der Waals surface area contributed by atoms with Crippen LogP contribution in [0.2, 0.25) is 0 Å². The molecule has 0 radical (unpaired) electrons. The highest BCUT2D eigenvalue weighted by Crippen LogP contribution is 2.32. The molecule has 1 aliphatic heterocycles. The Hall–Kier alpha value is -0.980. The van der Waals surface area contributed by atoms with Crippen LogP contribution in [0.1, 0.15) is 13.3 Å². The third-order valence-electron chi connectivity index (χ3n) is 2.92. The maximum atomic E-state index is 13.4. The largest absolute Gasteiger partial charge is 0.376 e. The molecular weight excluding hydrogens is 273 g/mol. The van der Waals surface area contributed by atoms with Crippen molar-refractivity contribution in [2.24, 2.45) is 0 Å². The van der Waals surface area contributed by atoms with Crippen LogP contribution in [-0.2, 0) is 0 Å². The Morgan fingerprint density at radius 1 is 0.944 bits per heavy atom. The first-order valence-corrected chi connectivity index (χ1v) is 6.38. The van der Waals surface area contributed by atoms with Crippen molar-refractivity contribution < 1.29 is 22.0 Å². The van der Waals surface area contributed by atoms with E-state index in [1.54, 1.807) is 11.8 Å². The molecule has 1 nitrogen and oxygen atoms in total. The van der Waals surface area contributed by atoms with Gasteiger partial charge in [0.2, 0.25) is 5.82 Å². The molecule has 1 aromatic rings. The van der Waals surface area contributed by atoms with Crippen molar-refractivity contribution in [3.63, 3.8) is 0 Å². The summed E-state index contributed by atoms with van der Waals surface area (Å²) in [7, 11) is 0. The molecule has 1 heterocycles. The first-order chi connectivity index (χ1) is 8.43. The second kappa shape index (κ2) is 4.95. The van der Waals surface area contributed by atoms with Gasteiger partial charge in [-0.3, -0.25) is 0 Å². The smallest absolute Gasteiger partial charge is 0.200 e. The average Bonchev–Trinajstić information content (AvgIpc) is 2.75. The SMILES string of the molecule is CC1SCCC1Nc1c(F)c(F)c(F)c(F)c1F. The van der Waals surface area contributed by atoms with Gasteiger partial charge in [-0.25, -0.2) is 22.0 Å². The van der Waals surface area contributed by atoms with Crippen LogP contribution in [0.3, 0.4) is 0 Å². The van der Waals surface area contributed by atoms with Crippen molar-refractivity contribution in [2.45, 2.75) is 24.6 Å². The molecule has 2 atom stereocenters. The summed E-state index contributed by atoms with van der Waals surface area (Å²) >= 11 is 1.58. The van der Waals surface area contributed by atoms with Crippen LogP contribution in [0.25, 0.3) is 0 Å². The van der Waals surface area contributed by atoms with E-state index in [1.807, 2.05) is 6.92 Å². The Kier molecular flexibility index (Phi) is 3.70. The summed E-state index contributed by atoms with van der Waals surface area (Å²) in [5, 5.41) is 2.47. The molecule has 0 aliphatic carbocycles. The minimum absolute atomic E-state index is 0.0555. The van der Waals surface area contributed by atoms with Crippen molar-refractivity contribution in [2.75, 3.05) is 11.1 Å². The lowest BCUT2D eigenvalue weighted by Gasteiger charge is -2.19. The lowest BCUT2D eigenvalue weighted by Crippen LogP contribution is -2.26. The highest BCUT2D eigenvalue weighted by Gasteiger charge is 2.30. The summed E-state index contributed by atoms with van der Waals surface area (Å²) in [6.07, 6.45) is 0.616. The lowest BCUT2D eigenvalue weighted by molar-refractivity contribution is 0.380. The number of benzene rings is 1. The second-order valence-electron chi connectivity index (χ2n) is 4.06. The maximum Gasteiger partial charge on any atom is 0.200 e. The highest BCUT2D eigenvalue weighted by atomic mass is 32.2. The zero-order chi connectivity index (χ0) is 13.4. The van der Waals surface area contributed by atoms with Gasteiger partial charge in [0.15, 0.2) is 23.3 Å². The van der Waals surface area contributed by atoms with E-state index < -0.39 is 34.8 Å². The predicted octanol–water partition coefficient (Wildman–Crippen LogP) is 3.69. The molecule has 0 bridgehead atoms. The second-order valence-corrected chi connectivity index (χ2v) is 5.55. The number of anilines is 1. The Morgan fingerprint density at radius 2 is 1.44 bits per heavy atom. The van der Waals surface area contributed by atoms with E-state index in [4.69, 9.17) is 0 Å². The highest BCUT2D eigenvalue weighted by molar-refractivity contribution is 8.00. The number of halogens is 5. The van der Waals surface area contributed by atoms with E-state index in [9.17, 15) is 22.0 Å². The molecule has 100 valence electrons. The van der Waals surface area contributed by atoms with Gasteiger partial charge in [-0.1, -0.05) is 6.92 Å². The van der Waals surface area contributed by atoms with E-state index in [-0.39, 0.29) is 11.3 Å². The number of thioether (sulfide) groups is 1. The minimum atomic E-state index is -2.13. The summed E-state index contributed by atoms with van der Waals surface area (Å²) < 4.78 is 65.5. The quantitative estimate of drug-likeness (QED) is 0.505. The van der Waals surface area contributed by atoms with E-state index in [0.29, 0.717) is 6.42 Å². The molecule has 7 heteroatoms. The van der Waals surface area contributed by atoms with Crippen molar-refractivity contribution in [3.8, 4) is 0 Å². The van der Waals surface area contributed by atoms with Crippen LogP contribution >= 0.6 is 11.8 Å². The van der Waals surface area contributed by atoms with Crippen LogP contribution in [-0.4, -0.2) is 17.0 Å². The van der Waals surface area contributed by atoms with E-state index >= 15 is 0 Å². The zero-order valence-corrected chi connectivity index (χ0v) is 10.2. The number of hydrogen-bond acceptors (Lipinski definition) is 2. The van der Waals surface area contributed by atoms with Crippen molar-refractivity contribution >= 4 is 17.4 Å². The van der Waals surface area contributed by atoms with Crippen LogP contribution in [0, 0.1) is 29.1 Å². The Labute approximate surface area is 105 Å². The first-order valence-electron chi connectivity index (χ1n) is 5.33. The molecule has 1 fully saturated rings. The molecule has 0 aromatic heterocycles. The average molecular weight is 283 g/mol. The van der Waals surface area contributed by atoms with Crippen LogP contribution in [0.4, 0.5) is 27.6 Å². The van der Waals surface area contributed by atoms with Gasteiger partial charge >= 0.3 is 0 Å². The van der Waals surface area contributed by atoms with Gasteiger partial charge in [0.25, 0.3) is 0 Å².